The molecule has 1 atom stereocenters. The van der Waals surface area contributed by atoms with Gasteiger partial charge < -0.3 is 9.84 Å². The van der Waals surface area contributed by atoms with Crippen LogP contribution in [0.1, 0.15) is 40.0 Å². The van der Waals surface area contributed by atoms with Crippen molar-refractivity contribution in [3.8, 4) is 0 Å². The lowest BCUT2D eigenvalue weighted by Gasteiger charge is -2.07. The second kappa shape index (κ2) is 9.01. The van der Waals surface area contributed by atoms with Crippen molar-refractivity contribution in [1.29, 1.82) is 0 Å². The molecular weight excluding hydrogens is 204 g/mol. The topological polar surface area (TPSA) is 46.5 Å². The Morgan fingerprint density at radius 3 is 2.62 bits per heavy atom. The Bertz CT molecular complexity index is 254. The van der Waals surface area contributed by atoms with Crippen molar-refractivity contribution < 1.29 is 14.6 Å². The third kappa shape index (κ3) is 8.09. The fourth-order valence-corrected chi connectivity index (χ4v) is 1.06. The van der Waals surface area contributed by atoms with Crippen LogP contribution >= 0.6 is 0 Å². The molecule has 16 heavy (non-hydrogen) atoms. The molecule has 0 fully saturated rings. The Morgan fingerprint density at radius 1 is 1.44 bits per heavy atom. The quantitative estimate of drug-likeness (QED) is 0.510. The summed E-state index contributed by atoms with van der Waals surface area (Å²) in [6.45, 7) is 5.99. The highest BCUT2D eigenvalue weighted by Crippen LogP contribution is 2.10. The molecule has 3 nitrogen and oxygen atoms in total. The molecule has 1 N–H and O–H groups in total. The van der Waals surface area contributed by atoms with E-state index < -0.39 is 5.97 Å². The average Bonchev–Trinajstić information content (AvgIpc) is 2.25. The Balaban J connectivity index is 4.37. The third-order valence-electron chi connectivity index (χ3n) is 2.19. The predicted molar refractivity (Wildman–Crippen MR) is 65.2 cm³/mol. The summed E-state index contributed by atoms with van der Waals surface area (Å²) in [5.41, 5.74) is 0. The standard InChI is InChI=1S/C13H22O3/c1-4-6-7-8-12(9-11(3)5-2)16-10-13(14)15/h7-9,11H,4-6,10H2,1-3H3,(H,14,15). The van der Waals surface area contributed by atoms with E-state index in [4.69, 9.17) is 9.84 Å². The highest BCUT2D eigenvalue weighted by atomic mass is 16.5. The van der Waals surface area contributed by atoms with Crippen molar-refractivity contribution >= 4 is 5.97 Å². The van der Waals surface area contributed by atoms with E-state index in [2.05, 4.69) is 20.8 Å². The SMILES string of the molecule is CCCC=CC(=CC(C)CC)OCC(=O)O. The van der Waals surface area contributed by atoms with Crippen LogP contribution in [0, 0.1) is 5.92 Å². The van der Waals surface area contributed by atoms with Gasteiger partial charge in [-0.1, -0.05) is 33.3 Å². The zero-order chi connectivity index (χ0) is 12.4. The van der Waals surface area contributed by atoms with Gasteiger partial charge in [0.15, 0.2) is 6.61 Å². The van der Waals surface area contributed by atoms with Gasteiger partial charge in [0.2, 0.25) is 0 Å². The molecule has 92 valence electrons. The van der Waals surface area contributed by atoms with E-state index in [1.807, 2.05) is 18.2 Å². The molecule has 0 amide bonds. The normalized spacial score (nSPS) is 14.1. The first-order valence-electron chi connectivity index (χ1n) is 5.83. The van der Waals surface area contributed by atoms with E-state index in [-0.39, 0.29) is 6.61 Å². The Hall–Kier alpha value is -1.25. The molecule has 0 aromatic heterocycles. The van der Waals surface area contributed by atoms with Crippen LogP contribution in [-0.2, 0) is 9.53 Å². The molecule has 0 bridgehead atoms. The van der Waals surface area contributed by atoms with Gasteiger partial charge >= 0.3 is 5.97 Å². The Morgan fingerprint density at radius 2 is 2.12 bits per heavy atom. The van der Waals surface area contributed by atoms with Gasteiger partial charge in [0, 0.05) is 0 Å². The number of carboxylic acids is 1. The van der Waals surface area contributed by atoms with Gasteiger partial charge in [-0.25, -0.2) is 4.79 Å². The molecule has 0 aromatic carbocycles. The number of hydrogen-bond acceptors (Lipinski definition) is 2. The molecule has 0 aromatic rings. The molecular formula is C13H22O3. The minimum atomic E-state index is -0.945. The molecule has 0 spiro atoms. The highest BCUT2D eigenvalue weighted by Gasteiger charge is 2.01. The van der Waals surface area contributed by atoms with Crippen LogP contribution in [-0.4, -0.2) is 17.7 Å². The number of carbonyl (C=O) groups is 1. The maximum Gasteiger partial charge on any atom is 0.341 e. The average molecular weight is 226 g/mol. The predicted octanol–water partition coefficient (Wildman–Crippen LogP) is 3.37. The first kappa shape index (κ1) is 14.8. The number of ether oxygens (including phenoxy) is 1. The lowest BCUT2D eigenvalue weighted by Crippen LogP contribution is -2.06. The number of aliphatic carboxylic acids is 1. The van der Waals surface area contributed by atoms with Crippen molar-refractivity contribution in [2.75, 3.05) is 6.61 Å². The zero-order valence-corrected chi connectivity index (χ0v) is 10.4. The van der Waals surface area contributed by atoms with Crippen LogP contribution < -0.4 is 0 Å². The van der Waals surface area contributed by atoms with E-state index in [0.29, 0.717) is 11.7 Å². The number of unbranched alkanes of at least 4 members (excludes halogenated alkanes) is 1. The fourth-order valence-electron chi connectivity index (χ4n) is 1.06. The Kier molecular flexibility index (Phi) is 8.31. The molecule has 0 rings (SSSR count). The van der Waals surface area contributed by atoms with Crippen molar-refractivity contribution in [1.82, 2.24) is 0 Å². The summed E-state index contributed by atoms with van der Waals surface area (Å²) >= 11 is 0. The summed E-state index contributed by atoms with van der Waals surface area (Å²) in [6.07, 6.45) is 8.91. The molecule has 0 saturated heterocycles. The highest BCUT2D eigenvalue weighted by molar-refractivity contribution is 5.68. The van der Waals surface area contributed by atoms with Gasteiger partial charge in [-0.3, -0.25) is 0 Å². The van der Waals surface area contributed by atoms with Crippen molar-refractivity contribution in [2.24, 2.45) is 5.92 Å². The molecule has 0 aliphatic carbocycles. The van der Waals surface area contributed by atoms with E-state index in [1.165, 1.54) is 0 Å². The summed E-state index contributed by atoms with van der Waals surface area (Å²) in [5, 5.41) is 8.55. The molecule has 0 heterocycles. The van der Waals surface area contributed by atoms with Crippen LogP contribution in [0.15, 0.2) is 24.0 Å². The molecule has 0 saturated carbocycles. The Labute approximate surface area is 97.8 Å². The smallest absolute Gasteiger partial charge is 0.341 e. The molecule has 3 heteroatoms. The summed E-state index contributed by atoms with van der Waals surface area (Å²) in [7, 11) is 0. The number of rotatable bonds is 8. The molecule has 0 aliphatic heterocycles. The number of allylic oxidation sites excluding steroid dienone is 3. The van der Waals surface area contributed by atoms with Crippen LogP contribution in [0.3, 0.4) is 0 Å². The van der Waals surface area contributed by atoms with Gasteiger partial charge in [0.05, 0.1) is 0 Å². The number of hydrogen-bond donors (Lipinski definition) is 1. The zero-order valence-electron chi connectivity index (χ0n) is 10.4. The van der Waals surface area contributed by atoms with Gasteiger partial charge in [0.1, 0.15) is 5.76 Å². The minimum Gasteiger partial charge on any atom is -0.482 e. The lowest BCUT2D eigenvalue weighted by molar-refractivity contribution is -0.140. The molecule has 0 radical (unpaired) electrons. The summed E-state index contributed by atoms with van der Waals surface area (Å²) in [4.78, 5) is 10.4. The summed E-state index contributed by atoms with van der Waals surface area (Å²) in [5.74, 6) is 0.110. The molecule has 0 aliphatic rings. The van der Waals surface area contributed by atoms with Crippen molar-refractivity contribution in [2.45, 2.75) is 40.0 Å². The maximum atomic E-state index is 10.4. The van der Waals surface area contributed by atoms with Gasteiger partial charge in [0.25, 0.3) is 0 Å². The van der Waals surface area contributed by atoms with E-state index >= 15 is 0 Å². The fraction of sp³-hybridized carbons (Fsp3) is 0.615. The maximum absolute atomic E-state index is 10.4. The van der Waals surface area contributed by atoms with Gasteiger partial charge in [-0.2, -0.15) is 0 Å². The van der Waals surface area contributed by atoms with E-state index in [0.717, 1.165) is 19.3 Å². The van der Waals surface area contributed by atoms with E-state index in [1.54, 1.807) is 0 Å². The number of carboxylic acid groups (broad SMARTS) is 1. The second-order valence-corrected chi connectivity index (χ2v) is 3.83. The van der Waals surface area contributed by atoms with Gasteiger partial charge in [-0.15, -0.1) is 0 Å². The van der Waals surface area contributed by atoms with Crippen LogP contribution in [0.5, 0.6) is 0 Å². The minimum absolute atomic E-state index is 0.279. The lowest BCUT2D eigenvalue weighted by atomic mass is 10.1. The van der Waals surface area contributed by atoms with Crippen LogP contribution in [0.25, 0.3) is 0 Å². The first-order valence-corrected chi connectivity index (χ1v) is 5.83. The first-order chi connectivity index (χ1) is 7.60. The third-order valence-corrected chi connectivity index (χ3v) is 2.19. The van der Waals surface area contributed by atoms with Crippen molar-refractivity contribution in [3.05, 3.63) is 24.0 Å². The summed E-state index contributed by atoms with van der Waals surface area (Å²) in [6, 6.07) is 0. The van der Waals surface area contributed by atoms with Crippen molar-refractivity contribution in [3.63, 3.8) is 0 Å². The van der Waals surface area contributed by atoms with Crippen LogP contribution in [0.2, 0.25) is 0 Å². The van der Waals surface area contributed by atoms with E-state index in [9.17, 15) is 4.79 Å². The summed E-state index contributed by atoms with van der Waals surface area (Å²) < 4.78 is 5.20. The second-order valence-electron chi connectivity index (χ2n) is 3.83. The largest absolute Gasteiger partial charge is 0.482 e. The van der Waals surface area contributed by atoms with Crippen LogP contribution in [0.4, 0.5) is 0 Å². The molecule has 1 unspecified atom stereocenters. The monoisotopic (exact) mass is 226 g/mol. The van der Waals surface area contributed by atoms with Gasteiger partial charge in [-0.05, 0) is 30.9 Å².